The number of rotatable bonds is 4. The van der Waals surface area contributed by atoms with Gasteiger partial charge in [-0.15, -0.1) is 11.3 Å². The number of thiophene rings is 1. The molecule has 0 bridgehead atoms. The number of carbonyl (C=O) groups is 1. The van der Waals surface area contributed by atoms with Crippen LogP contribution in [0.25, 0.3) is 10.2 Å². The van der Waals surface area contributed by atoms with Gasteiger partial charge in [-0.3, -0.25) is 9.48 Å². The lowest BCUT2D eigenvalue weighted by Gasteiger charge is -2.31. The molecule has 7 heteroatoms. The predicted molar refractivity (Wildman–Crippen MR) is 109 cm³/mol. The van der Waals surface area contributed by atoms with Gasteiger partial charge in [0.15, 0.2) is 0 Å². The van der Waals surface area contributed by atoms with E-state index in [-0.39, 0.29) is 18.4 Å². The maximum atomic E-state index is 13.0. The maximum Gasteiger partial charge on any atom is 0.264 e. The zero-order chi connectivity index (χ0) is 19.0. The summed E-state index contributed by atoms with van der Waals surface area (Å²) < 4.78 is 1.93. The normalized spacial score (nSPS) is 17.6. The molecule has 1 N–H and O–H groups in total. The molecule has 1 fully saturated rings. The van der Waals surface area contributed by atoms with Gasteiger partial charge in [-0.2, -0.15) is 5.10 Å². The van der Waals surface area contributed by atoms with Crippen LogP contribution >= 0.6 is 22.9 Å². The van der Waals surface area contributed by atoms with Crippen molar-refractivity contribution in [2.45, 2.75) is 26.3 Å². The highest BCUT2D eigenvalue weighted by Gasteiger charge is 2.26. The fourth-order valence-electron chi connectivity index (χ4n) is 3.67. The smallest absolute Gasteiger partial charge is 0.264 e. The van der Waals surface area contributed by atoms with Crippen molar-refractivity contribution in [1.82, 2.24) is 14.7 Å². The monoisotopic (exact) mass is 403 g/mol. The van der Waals surface area contributed by atoms with Crippen molar-refractivity contribution < 1.29 is 9.90 Å². The minimum Gasteiger partial charge on any atom is -0.396 e. The van der Waals surface area contributed by atoms with E-state index < -0.39 is 0 Å². The summed E-state index contributed by atoms with van der Waals surface area (Å²) in [5.41, 5.74) is 1.92. The molecule has 1 unspecified atom stereocenters. The van der Waals surface area contributed by atoms with Gasteiger partial charge in [-0.1, -0.05) is 29.8 Å². The van der Waals surface area contributed by atoms with Gasteiger partial charge in [0, 0.05) is 30.1 Å². The molecule has 1 aliphatic heterocycles. The lowest BCUT2D eigenvalue weighted by atomic mass is 9.99. The highest BCUT2D eigenvalue weighted by molar-refractivity contribution is 7.20. The third-order valence-electron chi connectivity index (χ3n) is 5.16. The predicted octanol–water partition coefficient (Wildman–Crippen LogP) is 3.95. The van der Waals surface area contributed by atoms with E-state index in [1.54, 1.807) is 0 Å². The van der Waals surface area contributed by atoms with Gasteiger partial charge in [0.1, 0.15) is 4.83 Å². The second-order valence-corrected chi connectivity index (χ2v) is 8.54. The molecular formula is C20H22ClN3O2S. The number of aryl methyl sites for hydroxylation is 1. The summed E-state index contributed by atoms with van der Waals surface area (Å²) in [6.45, 7) is 4.08. The average Bonchev–Trinajstić information content (AvgIpc) is 3.24. The van der Waals surface area contributed by atoms with Gasteiger partial charge in [-0.05, 0) is 43.4 Å². The minimum absolute atomic E-state index is 0.0537. The summed E-state index contributed by atoms with van der Waals surface area (Å²) in [7, 11) is 0. The van der Waals surface area contributed by atoms with Crippen LogP contribution in [-0.2, 0) is 6.54 Å². The molecule has 3 aromatic rings. The first-order valence-electron chi connectivity index (χ1n) is 9.17. The molecule has 3 heterocycles. The van der Waals surface area contributed by atoms with Crippen LogP contribution < -0.4 is 0 Å². The number of fused-ring (bicyclic) bond motifs is 1. The Bertz CT molecular complexity index is 981. The summed E-state index contributed by atoms with van der Waals surface area (Å²) in [5.74, 6) is 0.243. The minimum atomic E-state index is 0.0537. The van der Waals surface area contributed by atoms with Crippen molar-refractivity contribution in [3.8, 4) is 0 Å². The molecule has 4 rings (SSSR count). The number of halogens is 1. The number of likely N-dealkylation sites (tertiary alicyclic amines) is 1. The van der Waals surface area contributed by atoms with Crippen molar-refractivity contribution in [2.75, 3.05) is 19.7 Å². The maximum absolute atomic E-state index is 13.0. The zero-order valence-electron chi connectivity index (χ0n) is 15.2. The number of nitrogens with zero attached hydrogens (tertiary/aromatic N) is 3. The molecule has 27 heavy (non-hydrogen) atoms. The molecule has 142 valence electrons. The number of piperidine rings is 1. The standard InChI is InChI=1S/C20H22ClN3O2S/c1-13-16-9-18(19(26)23-8-4-5-14(10-23)12-25)27-20(16)24(22-13)11-15-6-2-3-7-17(15)21/h2-3,6-7,9,14,25H,4-5,8,10-12H2,1H3. The summed E-state index contributed by atoms with van der Waals surface area (Å²) in [5, 5.41) is 15.8. The van der Waals surface area contributed by atoms with Crippen LogP contribution in [0, 0.1) is 12.8 Å². The van der Waals surface area contributed by atoms with Crippen LogP contribution in [0.1, 0.15) is 33.8 Å². The van der Waals surface area contributed by atoms with E-state index in [1.165, 1.54) is 11.3 Å². The van der Waals surface area contributed by atoms with Crippen LogP contribution in [0.2, 0.25) is 5.02 Å². The van der Waals surface area contributed by atoms with Crippen LogP contribution in [0.15, 0.2) is 30.3 Å². The number of hydrogen-bond acceptors (Lipinski definition) is 4. The summed E-state index contributed by atoms with van der Waals surface area (Å²) in [4.78, 5) is 16.6. The zero-order valence-corrected chi connectivity index (χ0v) is 16.8. The van der Waals surface area contributed by atoms with Gasteiger partial charge < -0.3 is 10.0 Å². The van der Waals surface area contributed by atoms with Gasteiger partial charge >= 0.3 is 0 Å². The SMILES string of the molecule is Cc1nn(Cc2ccccc2Cl)c2sc(C(=O)N3CCCC(CO)C3)cc12. The highest BCUT2D eigenvalue weighted by Crippen LogP contribution is 2.31. The molecule has 1 aromatic carbocycles. The summed E-state index contributed by atoms with van der Waals surface area (Å²) in [6, 6.07) is 9.70. The van der Waals surface area contributed by atoms with Crippen molar-refractivity contribution in [3.05, 3.63) is 51.5 Å². The Labute approximate surface area is 167 Å². The van der Waals surface area contributed by atoms with E-state index in [9.17, 15) is 9.90 Å². The fraction of sp³-hybridized carbons (Fsp3) is 0.400. The van der Waals surface area contributed by atoms with Gasteiger partial charge in [0.25, 0.3) is 5.91 Å². The lowest BCUT2D eigenvalue weighted by molar-refractivity contribution is 0.0625. The largest absolute Gasteiger partial charge is 0.396 e. The summed E-state index contributed by atoms with van der Waals surface area (Å²) >= 11 is 7.78. The Kier molecular flexibility index (Phi) is 5.21. The number of aliphatic hydroxyl groups excluding tert-OH is 1. The molecular weight excluding hydrogens is 382 g/mol. The third-order valence-corrected chi connectivity index (χ3v) is 6.67. The average molecular weight is 404 g/mol. The molecule has 2 aromatic heterocycles. The van der Waals surface area contributed by atoms with Gasteiger partial charge in [0.2, 0.25) is 0 Å². The number of carbonyl (C=O) groups excluding carboxylic acids is 1. The molecule has 1 amide bonds. The molecule has 1 saturated heterocycles. The number of benzene rings is 1. The topological polar surface area (TPSA) is 58.4 Å². The Morgan fingerprint density at radius 1 is 1.41 bits per heavy atom. The first kappa shape index (κ1) is 18.5. The second-order valence-electron chi connectivity index (χ2n) is 7.11. The van der Waals surface area contributed by atoms with Crippen LogP contribution in [0.5, 0.6) is 0 Å². The Morgan fingerprint density at radius 2 is 2.22 bits per heavy atom. The van der Waals surface area contributed by atoms with Crippen LogP contribution in [0.4, 0.5) is 0 Å². The first-order valence-corrected chi connectivity index (χ1v) is 10.4. The van der Waals surface area contributed by atoms with E-state index in [1.807, 2.05) is 46.8 Å². The van der Waals surface area contributed by atoms with Crippen molar-refractivity contribution >= 4 is 39.1 Å². The van der Waals surface area contributed by atoms with E-state index in [4.69, 9.17) is 11.6 Å². The molecule has 0 spiro atoms. The van der Waals surface area contributed by atoms with E-state index in [0.29, 0.717) is 13.1 Å². The molecule has 1 atom stereocenters. The van der Waals surface area contributed by atoms with Crippen LogP contribution in [-0.4, -0.2) is 45.4 Å². The second kappa shape index (κ2) is 7.62. The van der Waals surface area contributed by atoms with Crippen molar-refractivity contribution in [2.24, 2.45) is 5.92 Å². The van der Waals surface area contributed by atoms with Gasteiger partial charge in [-0.25, -0.2) is 0 Å². The third kappa shape index (κ3) is 3.61. The Balaban J connectivity index is 1.63. The first-order chi connectivity index (χ1) is 13.1. The molecule has 0 aliphatic carbocycles. The number of amides is 1. The summed E-state index contributed by atoms with van der Waals surface area (Å²) in [6.07, 6.45) is 1.93. The van der Waals surface area contributed by atoms with E-state index in [2.05, 4.69) is 5.10 Å². The Hall–Kier alpha value is -1.89. The van der Waals surface area contributed by atoms with Gasteiger partial charge in [0.05, 0.1) is 17.1 Å². The van der Waals surface area contributed by atoms with E-state index >= 15 is 0 Å². The van der Waals surface area contributed by atoms with Crippen LogP contribution in [0.3, 0.4) is 0 Å². The Morgan fingerprint density at radius 3 is 3.00 bits per heavy atom. The number of hydrogen-bond donors (Lipinski definition) is 1. The van der Waals surface area contributed by atoms with Crippen molar-refractivity contribution in [1.29, 1.82) is 0 Å². The molecule has 0 radical (unpaired) electrons. The number of aromatic nitrogens is 2. The van der Waals surface area contributed by atoms with E-state index in [0.717, 1.165) is 50.8 Å². The lowest BCUT2D eigenvalue weighted by Crippen LogP contribution is -2.40. The molecule has 0 saturated carbocycles. The molecule has 1 aliphatic rings. The number of aliphatic hydroxyl groups is 1. The molecule has 5 nitrogen and oxygen atoms in total. The quantitative estimate of drug-likeness (QED) is 0.717. The van der Waals surface area contributed by atoms with Crippen molar-refractivity contribution in [3.63, 3.8) is 0 Å². The highest BCUT2D eigenvalue weighted by atomic mass is 35.5. The fourth-order valence-corrected chi connectivity index (χ4v) is 4.99.